The molecule has 0 aliphatic heterocycles. The number of rotatable bonds is 6. The maximum Gasteiger partial charge on any atom is 0.167 e. The molecule has 0 saturated heterocycles. The van der Waals surface area contributed by atoms with E-state index in [0.717, 1.165) is 5.56 Å². The molecule has 8 heteroatoms. The number of fused-ring (bicyclic) bond motifs is 1. The van der Waals surface area contributed by atoms with Gasteiger partial charge in [0.25, 0.3) is 0 Å². The molecule has 0 atom stereocenters. The van der Waals surface area contributed by atoms with E-state index in [4.69, 9.17) is 23.2 Å². The van der Waals surface area contributed by atoms with Gasteiger partial charge in [0, 0.05) is 28.8 Å². The number of Topliss-reactive ketones (excluding diaryl/α,β-unsaturated/α-hetero) is 1. The van der Waals surface area contributed by atoms with Gasteiger partial charge in [-0.15, -0.1) is 0 Å². The topological polar surface area (TPSA) is 79.9 Å². The monoisotopic (exact) mass is 472 g/mol. The van der Waals surface area contributed by atoms with E-state index >= 15 is 0 Å². The molecule has 158 valence electrons. The molecule has 0 bridgehead atoms. The number of aromatic amines is 1. The summed E-state index contributed by atoms with van der Waals surface area (Å²) in [5.74, 6) is 0.262. The van der Waals surface area contributed by atoms with Crippen LogP contribution in [0.3, 0.4) is 0 Å². The third kappa shape index (κ3) is 4.98. The van der Waals surface area contributed by atoms with Crippen LogP contribution >= 0.6 is 23.2 Å². The average Bonchev–Trinajstić information content (AvgIpc) is 3.09. The second kappa shape index (κ2) is 8.46. The van der Waals surface area contributed by atoms with Crippen LogP contribution in [0, 0.1) is 0 Å². The van der Waals surface area contributed by atoms with Crippen molar-refractivity contribution in [2.45, 2.75) is 12.2 Å². The van der Waals surface area contributed by atoms with Crippen molar-refractivity contribution in [3.63, 3.8) is 0 Å². The van der Waals surface area contributed by atoms with Crippen LogP contribution in [-0.2, 0) is 22.0 Å². The summed E-state index contributed by atoms with van der Waals surface area (Å²) < 4.78 is 23.7. The maximum absolute atomic E-state index is 12.7. The van der Waals surface area contributed by atoms with Gasteiger partial charge in [0.15, 0.2) is 15.6 Å². The van der Waals surface area contributed by atoms with Gasteiger partial charge in [0.05, 0.1) is 21.8 Å². The molecule has 0 spiro atoms. The van der Waals surface area contributed by atoms with Crippen LogP contribution < -0.4 is 0 Å². The predicted molar refractivity (Wildman–Crippen MR) is 125 cm³/mol. The van der Waals surface area contributed by atoms with Gasteiger partial charge in [-0.25, -0.2) is 13.4 Å². The van der Waals surface area contributed by atoms with Crippen LogP contribution in [0.15, 0.2) is 60.7 Å². The lowest BCUT2D eigenvalue weighted by Gasteiger charge is -2.08. The van der Waals surface area contributed by atoms with E-state index in [1.54, 1.807) is 48.5 Å². The van der Waals surface area contributed by atoms with Gasteiger partial charge in [-0.05, 0) is 47.5 Å². The van der Waals surface area contributed by atoms with Crippen LogP contribution in [0.25, 0.3) is 22.4 Å². The van der Waals surface area contributed by atoms with Crippen molar-refractivity contribution >= 4 is 49.9 Å². The van der Waals surface area contributed by atoms with E-state index in [0.29, 0.717) is 43.6 Å². The van der Waals surface area contributed by atoms with Crippen LogP contribution in [-0.4, -0.2) is 30.4 Å². The number of nitrogens with zero attached hydrogens (tertiary/aromatic N) is 1. The first-order valence-corrected chi connectivity index (χ1v) is 12.2. The van der Waals surface area contributed by atoms with Crippen molar-refractivity contribution in [3.8, 4) is 11.4 Å². The molecule has 0 aliphatic carbocycles. The molecule has 1 heterocycles. The first-order chi connectivity index (χ1) is 14.7. The van der Waals surface area contributed by atoms with Crippen molar-refractivity contribution in [2.24, 2.45) is 0 Å². The number of sulfone groups is 1. The van der Waals surface area contributed by atoms with Crippen LogP contribution in [0.1, 0.15) is 21.5 Å². The van der Waals surface area contributed by atoms with E-state index in [1.165, 1.54) is 6.26 Å². The summed E-state index contributed by atoms with van der Waals surface area (Å²) in [5, 5.41) is 0.987. The fourth-order valence-corrected chi connectivity index (χ4v) is 4.77. The second-order valence-electron chi connectivity index (χ2n) is 7.39. The highest BCUT2D eigenvalue weighted by atomic mass is 35.5. The average molecular weight is 473 g/mol. The van der Waals surface area contributed by atoms with Gasteiger partial charge in [-0.2, -0.15) is 0 Å². The number of hydrogen-bond acceptors (Lipinski definition) is 4. The van der Waals surface area contributed by atoms with Crippen LogP contribution in [0.4, 0.5) is 0 Å². The SMILES string of the molecule is CS(=O)(=O)Cc1cccc(Cl)c1-c1nc2ccc(C(=O)Cc3cccc(Cl)c3)cc2[nH]1. The lowest BCUT2D eigenvalue weighted by molar-refractivity contribution is 0.0993. The summed E-state index contributed by atoms with van der Waals surface area (Å²) in [5.41, 5.74) is 3.79. The van der Waals surface area contributed by atoms with Gasteiger partial charge in [-0.1, -0.05) is 47.5 Å². The number of imidazole rings is 1. The molecule has 0 radical (unpaired) electrons. The van der Waals surface area contributed by atoms with Crippen molar-refractivity contribution in [2.75, 3.05) is 6.26 Å². The molecule has 5 nitrogen and oxygen atoms in total. The number of carbonyl (C=O) groups is 1. The standard InChI is InChI=1S/C23H18Cl2N2O3S/c1-31(29,30)13-16-5-3-7-18(25)22(16)23-26-19-9-8-15(12-20(19)27-23)21(28)11-14-4-2-6-17(24)10-14/h2-10,12H,11,13H2,1H3,(H,26,27). The van der Waals surface area contributed by atoms with Gasteiger partial charge in [0.1, 0.15) is 5.82 Å². The predicted octanol–water partition coefficient (Wildman–Crippen LogP) is 5.51. The smallest absolute Gasteiger partial charge is 0.167 e. The minimum absolute atomic E-state index is 0.0455. The highest BCUT2D eigenvalue weighted by Crippen LogP contribution is 2.32. The molecule has 31 heavy (non-hydrogen) atoms. The fraction of sp³-hybridized carbons (Fsp3) is 0.130. The molecule has 1 aromatic heterocycles. The molecule has 0 amide bonds. The highest BCUT2D eigenvalue weighted by molar-refractivity contribution is 7.89. The normalized spacial score (nSPS) is 11.7. The Morgan fingerprint density at radius 3 is 2.55 bits per heavy atom. The van der Waals surface area contributed by atoms with Crippen molar-refractivity contribution in [1.29, 1.82) is 0 Å². The second-order valence-corrected chi connectivity index (χ2v) is 10.4. The Labute approximate surface area is 190 Å². The quantitative estimate of drug-likeness (QED) is 0.375. The van der Waals surface area contributed by atoms with Gasteiger partial charge >= 0.3 is 0 Å². The first-order valence-electron chi connectivity index (χ1n) is 9.42. The zero-order valence-corrected chi connectivity index (χ0v) is 18.9. The third-order valence-electron chi connectivity index (χ3n) is 4.81. The van der Waals surface area contributed by atoms with E-state index in [9.17, 15) is 13.2 Å². The molecule has 4 rings (SSSR count). The highest BCUT2D eigenvalue weighted by Gasteiger charge is 2.18. The van der Waals surface area contributed by atoms with E-state index in [-0.39, 0.29) is 18.0 Å². The zero-order valence-electron chi connectivity index (χ0n) is 16.5. The Hall–Kier alpha value is -2.67. The van der Waals surface area contributed by atoms with E-state index < -0.39 is 9.84 Å². The Morgan fingerprint density at radius 2 is 1.81 bits per heavy atom. The summed E-state index contributed by atoms with van der Waals surface area (Å²) >= 11 is 12.4. The summed E-state index contributed by atoms with van der Waals surface area (Å²) in [6.07, 6.45) is 1.41. The number of nitrogens with one attached hydrogen (secondary N) is 1. The molecule has 4 aromatic rings. The lowest BCUT2D eigenvalue weighted by Crippen LogP contribution is -2.03. The molecule has 0 unspecified atom stereocenters. The zero-order chi connectivity index (χ0) is 22.2. The lowest BCUT2D eigenvalue weighted by atomic mass is 10.0. The van der Waals surface area contributed by atoms with Gasteiger partial charge in [-0.3, -0.25) is 4.79 Å². The summed E-state index contributed by atoms with van der Waals surface area (Å²) in [7, 11) is -3.26. The number of carbonyl (C=O) groups excluding carboxylic acids is 1. The molecular weight excluding hydrogens is 455 g/mol. The number of benzene rings is 3. The number of hydrogen-bond donors (Lipinski definition) is 1. The summed E-state index contributed by atoms with van der Waals surface area (Å²) in [6.45, 7) is 0. The van der Waals surface area contributed by atoms with Crippen molar-refractivity contribution < 1.29 is 13.2 Å². The molecule has 0 fully saturated rings. The maximum atomic E-state index is 12.7. The molecule has 3 aromatic carbocycles. The Kier molecular flexibility index (Phi) is 5.88. The Bertz CT molecular complexity index is 1410. The van der Waals surface area contributed by atoms with E-state index in [1.807, 2.05) is 12.1 Å². The fourth-order valence-electron chi connectivity index (χ4n) is 3.47. The van der Waals surface area contributed by atoms with Crippen LogP contribution in [0.2, 0.25) is 10.0 Å². The van der Waals surface area contributed by atoms with Gasteiger partial charge < -0.3 is 4.98 Å². The number of aromatic nitrogens is 2. The number of ketones is 1. The Balaban J connectivity index is 1.70. The van der Waals surface area contributed by atoms with Crippen LogP contribution in [0.5, 0.6) is 0 Å². The Morgan fingerprint density at radius 1 is 1.03 bits per heavy atom. The minimum atomic E-state index is -3.26. The summed E-state index contributed by atoms with van der Waals surface area (Å²) in [6, 6.07) is 17.5. The number of H-pyrrole nitrogens is 1. The van der Waals surface area contributed by atoms with E-state index in [2.05, 4.69) is 9.97 Å². The van der Waals surface area contributed by atoms with Crippen molar-refractivity contribution in [1.82, 2.24) is 9.97 Å². The molecule has 0 saturated carbocycles. The number of halogens is 2. The molecule has 0 aliphatic rings. The largest absolute Gasteiger partial charge is 0.338 e. The van der Waals surface area contributed by atoms with Gasteiger partial charge in [0.2, 0.25) is 0 Å². The minimum Gasteiger partial charge on any atom is -0.338 e. The molecular formula is C23H18Cl2N2O3S. The molecule has 1 N–H and O–H groups in total. The first kappa shape index (κ1) is 21.6. The third-order valence-corrected chi connectivity index (χ3v) is 6.20. The van der Waals surface area contributed by atoms with Crippen molar-refractivity contribution in [3.05, 3.63) is 87.4 Å². The summed E-state index contributed by atoms with van der Waals surface area (Å²) in [4.78, 5) is 20.5.